The van der Waals surface area contributed by atoms with E-state index in [1.54, 1.807) is 25.6 Å². The van der Waals surface area contributed by atoms with Gasteiger partial charge in [0.05, 0.1) is 34.8 Å². The lowest BCUT2D eigenvalue weighted by molar-refractivity contribution is -0.143. The van der Waals surface area contributed by atoms with Crippen LogP contribution in [0.25, 0.3) is 0 Å². The van der Waals surface area contributed by atoms with E-state index in [4.69, 9.17) is 9.47 Å². The number of rotatable bonds is 17. The number of hydrogen-bond acceptors (Lipinski definition) is 11. The number of nitrogens with zero attached hydrogens (tertiary/aromatic N) is 3. The Morgan fingerprint density at radius 2 is 1.62 bits per heavy atom. The number of nitrogens with one attached hydrogen (secondary N) is 3. The maximum atomic E-state index is 14.4. The number of aromatic nitrogens is 2. The Kier molecular flexibility index (Phi) is 15.2. The molecular formula is C36H46N6O6S2. The second-order valence-corrected chi connectivity index (χ2v) is 14.3. The first-order chi connectivity index (χ1) is 24.1. The fourth-order valence-electron chi connectivity index (χ4n) is 5.03. The van der Waals surface area contributed by atoms with E-state index < -0.39 is 42.2 Å². The predicted octanol–water partition coefficient (Wildman–Crippen LogP) is 5.45. The van der Waals surface area contributed by atoms with Crippen LogP contribution in [-0.2, 0) is 40.3 Å². The summed E-state index contributed by atoms with van der Waals surface area (Å²) in [4.78, 5) is 46.5. The maximum absolute atomic E-state index is 14.4. The summed E-state index contributed by atoms with van der Waals surface area (Å²) >= 11 is 2.70. The van der Waals surface area contributed by atoms with Crippen LogP contribution in [0.5, 0.6) is 0 Å². The lowest BCUT2D eigenvalue weighted by Crippen LogP contribution is -2.63. The van der Waals surface area contributed by atoms with Gasteiger partial charge in [-0.1, -0.05) is 88.4 Å². The number of carbonyl (C=O) groups excluding carboxylic acids is 3. The van der Waals surface area contributed by atoms with Gasteiger partial charge in [-0.2, -0.15) is 4.37 Å². The zero-order valence-electron chi connectivity index (χ0n) is 28.8. The number of thiazole rings is 1. The Hall–Kier alpha value is -4.37. The Bertz CT molecular complexity index is 1600. The number of carbonyl (C=O) groups is 3. The van der Waals surface area contributed by atoms with Gasteiger partial charge >= 0.3 is 12.2 Å². The monoisotopic (exact) mass is 722 g/mol. The summed E-state index contributed by atoms with van der Waals surface area (Å²) < 4.78 is 15.3. The molecule has 268 valence electrons. The summed E-state index contributed by atoms with van der Waals surface area (Å²) in [6.07, 6.45) is -0.462. The molecule has 0 saturated heterocycles. The third-order valence-electron chi connectivity index (χ3n) is 7.82. The molecule has 0 spiro atoms. The predicted molar refractivity (Wildman–Crippen MR) is 193 cm³/mol. The first-order valence-corrected chi connectivity index (χ1v) is 18.2. The summed E-state index contributed by atoms with van der Waals surface area (Å²) in [5.41, 5.74) is 7.07. The number of benzene rings is 2. The fraction of sp³-hybridized carbons (Fsp3) is 0.417. The standard InChI is InChI=1S/C36H46N6O6S2/c1-24(2)30-18-29(50-41-30)22-48-35(45)39-33(25(3)4)34(44)42(40-36(46)47-16-15-28-20-38-23-49-28)31(17-26-11-7-5-8-12-26)32(43)21-37-19-27-13-9-6-10-14-27/h5-14,18,20,23-25,31-33,37,43H,15-17,19,21-22H2,1-4H3,(H,39,45)(H,40,46)/t31-,32-,33?/m0/s1. The average molecular weight is 723 g/mol. The number of ether oxygens (including phenoxy) is 2. The van der Waals surface area contributed by atoms with E-state index in [-0.39, 0.29) is 32.1 Å². The number of alkyl carbamates (subject to hydrolysis) is 1. The molecule has 1 unspecified atom stereocenters. The van der Waals surface area contributed by atoms with E-state index in [1.807, 2.05) is 80.6 Å². The van der Waals surface area contributed by atoms with Gasteiger partial charge in [-0.25, -0.2) is 20.0 Å². The van der Waals surface area contributed by atoms with Gasteiger partial charge in [0.2, 0.25) is 0 Å². The topological polar surface area (TPSA) is 155 Å². The molecule has 0 radical (unpaired) electrons. The Labute approximate surface area is 301 Å². The molecule has 0 saturated carbocycles. The van der Waals surface area contributed by atoms with Crippen molar-refractivity contribution >= 4 is 41.0 Å². The molecule has 12 nitrogen and oxygen atoms in total. The highest BCUT2D eigenvalue weighted by Crippen LogP contribution is 2.20. The maximum Gasteiger partial charge on any atom is 0.426 e. The lowest BCUT2D eigenvalue weighted by atomic mass is 9.97. The van der Waals surface area contributed by atoms with Gasteiger partial charge in [-0.05, 0) is 47.0 Å². The molecule has 0 aliphatic heterocycles. The molecule has 50 heavy (non-hydrogen) atoms. The smallest absolute Gasteiger partial charge is 0.426 e. The third kappa shape index (κ3) is 12.2. The van der Waals surface area contributed by atoms with Crippen LogP contribution in [-0.4, -0.2) is 68.9 Å². The minimum absolute atomic E-state index is 0.00823. The normalized spacial score (nSPS) is 13.0. The zero-order chi connectivity index (χ0) is 35.9. The SMILES string of the molecule is CC(C)c1cc(COC(=O)NC(C(=O)N(NC(=O)OCCc2cncs2)[C@@H](Cc2ccccc2)[C@@H](O)CNCc2ccccc2)C(C)C)sn1. The number of hydrazine groups is 1. The van der Waals surface area contributed by atoms with Gasteiger partial charge in [0.25, 0.3) is 5.91 Å². The Morgan fingerprint density at radius 1 is 0.920 bits per heavy atom. The van der Waals surface area contributed by atoms with Crippen LogP contribution in [0.3, 0.4) is 0 Å². The van der Waals surface area contributed by atoms with Crippen molar-refractivity contribution in [2.75, 3.05) is 13.2 Å². The van der Waals surface area contributed by atoms with Gasteiger partial charge in [-0.3, -0.25) is 9.78 Å². The molecule has 4 aromatic rings. The van der Waals surface area contributed by atoms with Gasteiger partial charge in [0.1, 0.15) is 12.6 Å². The summed E-state index contributed by atoms with van der Waals surface area (Å²) in [7, 11) is 0. The van der Waals surface area contributed by atoms with E-state index in [0.717, 1.165) is 31.6 Å². The number of aliphatic hydroxyl groups is 1. The van der Waals surface area contributed by atoms with Gasteiger partial charge in [0, 0.05) is 30.6 Å². The molecule has 4 rings (SSSR count). The molecule has 0 bridgehead atoms. The van der Waals surface area contributed by atoms with Crippen LogP contribution in [0.1, 0.15) is 60.2 Å². The largest absolute Gasteiger partial charge is 0.448 e. The minimum atomic E-state index is -1.14. The first kappa shape index (κ1) is 38.4. The summed E-state index contributed by atoms with van der Waals surface area (Å²) in [6, 6.07) is 18.9. The van der Waals surface area contributed by atoms with Crippen molar-refractivity contribution in [3.05, 3.63) is 105 Å². The fourth-order valence-corrected chi connectivity index (χ4v) is 6.38. The lowest BCUT2D eigenvalue weighted by Gasteiger charge is -2.37. The van der Waals surface area contributed by atoms with Gasteiger partial charge < -0.3 is 25.2 Å². The molecule has 14 heteroatoms. The molecule has 2 aromatic heterocycles. The summed E-state index contributed by atoms with van der Waals surface area (Å²) in [5, 5.41) is 18.7. The van der Waals surface area contributed by atoms with Gasteiger partial charge in [-0.15, -0.1) is 11.3 Å². The van der Waals surface area contributed by atoms with Crippen LogP contribution < -0.4 is 16.1 Å². The van der Waals surface area contributed by atoms with Crippen molar-refractivity contribution in [2.24, 2.45) is 5.92 Å². The third-order valence-corrected chi connectivity index (χ3v) is 9.44. The highest BCUT2D eigenvalue weighted by atomic mass is 32.1. The summed E-state index contributed by atoms with van der Waals surface area (Å²) in [5.74, 6) is -0.815. The number of amides is 3. The Morgan fingerprint density at radius 3 is 2.24 bits per heavy atom. The molecule has 3 atom stereocenters. The van der Waals surface area contributed by atoms with Crippen LogP contribution in [0.4, 0.5) is 9.59 Å². The Balaban J connectivity index is 1.54. The molecule has 0 aliphatic carbocycles. The van der Waals surface area contributed by atoms with Crippen LogP contribution >= 0.6 is 22.9 Å². The molecule has 0 aliphatic rings. The quantitative estimate of drug-likeness (QED) is 0.104. The average Bonchev–Trinajstić information content (AvgIpc) is 3.81. The van der Waals surface area contributed by atoms with Crippen molar-refractivity contribution in [1.29, 1.82) is 0 Å². The molecule has 4 N–H and O–H groups in total. The van der Waals surface area contributed by atoms with E-state index >= 15 is 0 Å². The van der Waals surface area contributed by atoms with Crippen LogP contribution in [0, 0.1) is 5.92 Å². The van der Waals surface area contributed by atoms with Crippen molar-refractivity contribution < 1.29 is 29.0 Å². The van der Waals surface area contributed by atoms with Crippen LogP contribution in [0.15, 0.2) is 78.4 Å². The van der Waals surface area contributed by atoms with E-state index in [2.05, 4.69) is 25.4 Å². The van der Waals surface area contributed by atoms with Crippen molar-refractivity contribution in [3.63, 3.8) is 0 Å². The first-order valence-electron chi connectivity index (χ1n) is 16.6. The molecule has 3 amide bonds. The van der Waals surface area contributed by atoms with E-state index in [9.17, 15) is 19.5 Å². The number of hydrogen-bond donors (Lipinski definition) is 4. The van der Waals surface area contributed by atoms with Gasteiger partial charge in [0.15, 0.2) is 0 Å². The number of aliphatic hydroxyl groups excluding tert-OH is 1. The molecule has 2 heterocycles. The van der Waals surface area contributed by atoms with Crippen molar-refractivity contribution in [2.45, 2.75) is 77.8 Å². The van der Waals surface area contributed by atoms with Crippen molar-refractivity contribution in [3.8, 4) is 0 Å². The summed E-state index contributed by atoms with van der Waals surface area (Å²) in [6.45, 7) is 8.24. The van der Waals surface area contributed by atoms with E-state index in [1.165, 1.54) is 22.9 Å². The minimum Gasteiger partial charge on any atom is -0.448 e. The van der Waals surface area contributed by atoms with Crippen LogP contribution in [0.2, 0.25) is 0 Å². The second kappa shape index (κ2) is 19.7. The molecule has 2 aromatic carbocycles. The molecule has 0 fully saturated rings. The highest BCUT2D eigenvalue weighted by Gasteiger charge is 2.38. The van der Waals surface area contributed by atoms with E-state index in [0.29, 0.717) is 13.0 Å². The van der Waals surface area contributed by atoms with Crippen molar-refractivity contribution in [1.82, 2.24) is 30.4 Å². The highest BCUT2D eigenvalue weighted by molar-refractivity contribution is 7.09. The second-order valence-electron chi connectivity index (χ2n) is 12.4. The zero-order valence-corrected chi connectivity index (χ0v) is 30.4. The molecular weight excluding hydrogens is 677 g/mol.